The van der Waals surface area contributed by atoms with Crippen molar-refractivity contribution in [2.75, 3.05) is 38.2 Å². The standard InChI is InChI=1S/C23H26N2O4/c1-15-10-19(16-4-3-5-16)29-22(27)20(15)21(26)25-13-23(14-25)11-24(12-23)17-6-8-18(28-2)9-7-17/h6-10,16H,3-5,11-14H2,1-2H3. The second kappa shape index (κ2) is 6.65. The van der Waals surface area contributed by atoms with E-state index in [-0.39, 0.29) is 16.9 Å². The van der Waals surface area contributed by atoms with Gasteiger partial charge in [-0.25, -0.2) is 4.79 Å². The molecular formula is C23H26N2O4. The molecule has 0 bridgehead atoms. The Hall–Kier alpha value is -2.76. The first-order valence-corrected chi connectivity index (χ1v) is 10.3. The van der Waals surface area contributed by atoms with Gasteiger partial charge in [-0.1, -0.05) is 6.42 Å². The highest BCUT2D eigenvalue weighted by molar-refractivity contribution is 5.95. The number of ether oxygens (including phenoxy) is 1. The number of nitrogens with zero attached hydrogens (tertiary/aromatic N) is 2. The minimum atomic E-state index is -0.480. The van der Waals surface area contributed by atoms with Gasteiger partial charge in [0.15, 0.2) is 0 Å². The van der Waals surface area contributed by atoms with Crippen LogP contribution in [0.4, 0.5) is 5.69 Å². The van der Waals surface area contributed by atoms with Crippen molar-refractivity contribution in [1.82, 2.24) is 4.90 Å². The number of aryl methyl sites for hydroxylation is 1. The van der Waals surface area contributed by atoms with E-state index in [1.165, 1.54) is 12.1 Å². The number of amides is 1. The van der Waals surface area contributed by atoms with Crippen LogP contribution in [-0.2, 0) is 0 Å². The first-order valence-electron chi connectivity index (χ1n) is 10.3. The van der Waals surface area contributed by atoms with Gasteiger partial charge in [0, 0.05) is 43.2 Å². The number of hydrogen-bond acceptors (Lipinski definition) is 5. The molecule has 0 radical (unpaired) electrons. The van der Waals surface area contributed by atoms with E-state index in [0.717, 1.165) is 43.0 Å². The molecule has 1 aromatic carbocycles. The summed E-state index contributed by atoms with van der Waals surface area (Å²) < 4.78 is 10.7. The predicted molar refractivity (Wildman–Crippen MR) is 110 cm³/mol. The van der Waals surface area contributed by atoms with Crippen molar-refractivity contribution in [3.05, 3.63) is 57.6 Å². The fraction of sp³-hybridized carbons (Fsp3) is 0.478. The van der Waals surface area contributed by atoms with Crippen LogP contribution < -0.4 is 15.3 Å². The largest absolute Gasteiger partial charge is 0.497 e. The molecular weight excluding hydrogens is 368 g/mol. The highest BCUT2D eigenvalue weighted by atomic mass is 16.5. The van der Waals surface area contributed by atoms with E-state index in [1.54, 1.807) is 12.0 Å². The van der Waals surface area contributed by atoms with Gasteiger partial charge in [0.1, 0.15) is 17.1 Å². The molecule has 1 spiro atoms. The molecule has 0 N–H and O–H groups in total. The first-order chi connectivity index (χ1) is 14.0. The SMILES string of the molecule is COc1ccc(N2CC3(CN(C(=O)c4c(C)cc(C5CCC5)oc4=O)C3)C2)cc1. The summed E-state index contributed by atoms with van der Waals surface area (Å²) in [6.07, 6.45) is 3.31. The molecule has 1 aromatic heterocycles. The molecule has 152 valence electrons. The van der Waals surface area contributed by atoms with Crippen molar-refractivity contribution >= 4 is 11.6 Å². The summed E-state index contributed by atoms with van der Waals surface area (Å²) in [7, 11) is 1.66. The topological polar surface area (TPSA) is 63.0 Å². The molecule has 6 heteroatoms. The number of methoxy groups -OCH3 is 1. The van der Waals surface area contributed by atoms with E-state index in [4.69, 9.17) is 9.15 Å². The van der Waals surface area contributed by atoms with E-state index in [1.807, 2.05) is 25.1 Å². The van der Waals surface area contributed by atoms with Crippen molar-refractivity contribution < 1.29 is 13.9 Å². The average molecular weight is 394 g/mol. The molecule has 2 aliphatic heterocycles. The zero-order valence-electron chi connectivity index (χ0n) is 16.9. The Morgan fingerprint density at radius 3 is 2.38 bits per heavy atom. The number of likely N-dealkylation sites (tertiary alicyclic amines) is 1. The lowest BCUT2D eigenvalue weighted by Crippen LogP contribution is -2.73. The van der Waals surface area contributed by atoms with Gasteiger partial charge in [-0.15, -0.1) is 0 Å². The Labute approximate surface area is 170 Å². The maximum Gasteiger partial charge on any atom is 0.349 e. The zero-order chi connectivity index (χ0) is 20.2. The maximum atomic E-state index is 12.9. The van der Waals surface area contributed by atoms with Gasteiger partial charge >= 0.3 is 5.63 Å². The van der Waals surface area contributed by atoms with Crippen LogP contribution in [0.5, 0.6) is 5.75 Å². The Morgan fingerprint density at radius 2 is 1.83 bits per heavy atom. The molecule has 1 aliphatic carbocycles. The summed E-state index contributed by atoms with van der Waals surface area (Å²) in [6.45, 7) is 5.09. The third-order valence-corrected chi connectivity index (χ3v) is 6.72. The third-order valence-electron chi connectivity index (χ3n) is 6.72. The van der Waals surface area contributed by atoms with Crippen LogP contribution in [0.3, 0.4) is 0 Å². The fourth-order valence-electron chi connectivity index (χ4n) is 4.79. The van der Waals surface area contributed by atoms with E-state index in [9.17, 15) is 9.59 Å². The minimum absolute atomic E-state index is 0.148. The van der Waals surface area contributed by atoms with E-state index >= 15 is 0 Å². The predicted octanol–water partition coefficient (Wildman–Crippen LogP) is 3.19. The Balaban J connectivity index is 1.22. The minimum Gasteiger partial charge on any atom is -0.497 e. The molecule has 1 amide bonds. The van der Waals surface area contributed by atoms with Gasteiger partial charge in [0.2, 0.25) is 0 Å². The van der Waals surface area contributed by atoms with Gasteiger partial charge in [0.05, 0.1) is 7.11 Å². The lowest BCUT2D eigenvalue weighted by atomic mass is 9.72. The number of hydrogen-bond donors (Lipinski definition) is 0. The molecule has 3 aliphatic rings. The Kier molecular flexibility index (Phi) is 4.19. The normalized spacial score (nSPS) is 20.1. The molecule has 2 saturated heterocycles. The summed E-state index contributed by atoms with van der Waals surface area (Å²) >= 11 is 0. The molecule has 0 atom stereocenters. The molecule has 0 unspecified atom stereocenters. The van der Waals surface area contributed by atoms with Crippen LogP contribution in [0.25, 0.3) is 0 Å². The van der Waals surface area contributed by atoms with Gasteiger partial charge < -0.3 is 19.0 Å². The second-order valence-corrected chi connectivity index (χ2v) is 8.84. The van der Waals surface area contributed by atoms with Crippen molar-refractivity contribution in [3.63, 3.8) is 0 Å². The number of anilines is 1. The lowest BCUT2D eigenvalue weighted by Gasteiger charge is -2.60. The second-order valence-electron chi connectivity index (χ2n) is 8.84. The van der Waals surface area contributed by atoms with E-state index in [2.05, 4.69) is 17.0 Å². The molecule has 2 aromatic rings. The van der Waals surface area contributed by atoms with Crippen molar-refractivity contribution in [1.29, 1.82) is 0 Å². The summed E-state index contributed by atoms with van der Waals surface area (Å²) in [6, 6.07) is 9.94. The summed E-state index contributed by atoms with van der Waals surface area (Å²) in [5.41, 5.74) is 1.78. The third kappa shape index (κ3) is 3.02. The monoisotopic (exact) mass is 394 g/mol. The molecule has 3 heterocycles. The summed E-state index contributed by atoms with van der Waals surface area (Å²) in [5, 5.41) is 0. The highest BCUT2D eigenvalue weighted by Crippen LogP contribution is 2.43. The Bertz CT molecular complexity index is 993. The summed E-state index contributed by atoms with van der Waals surface area (Å²) in [4.78, 5) is 29.5. The van der Waals surface area contributed by atoms with Gasteiger partial charge in [-0.05, 0) is 55.7 Å². The zero-order valence-corrected chi connectivity index (χ0v) is 16.9. The number of carbonyl (C=O) groups is 1. The van der Waals surface area contributed by atoms with Gasteiger partial charge in [-0.2, -0.15) is 0 Å². The molecule has 6 nitrogen and oxygen atoms in total. The average Bonchev–Trinajstić information content (AvgIpc) is 2.58. The van der Waals surface area contributed by atoms with Crippen LogP contribution in [0.1, 0.15) is 46.9 Å². The summed E-state index contributed by atoms with van der Waals surface area (Å²) in [5.74, 6) is 1.74. The quantitative estimate of drug-likeness (QED) is 0.797. The number of benzene rings is 1. The van der Waals surface area contributed by atoms with Crippen molar-refractivity contribution in [3.8, 4) is 5.75 Å². The highest BCUT2D eigenvalue weighted by Gasteiger charge is 2.53. The van der Waals surface area contributed by atoms with Crippen molar-refractivity contribution in [2.45, 2.75) is 32.1 Å². The van der Waals surface area contributed by atoms with Crippen LogP contribution in [-0.4, -0.2) is 44.1 Å². The molecule has 1 saturated carbocycles. The van der Waals surface area contributed by atoms with Crippen LogP contribution in [0, 0.1) is 12.3 Å². The van der Waals surface area contributed by atoms with Crippen LogP contribution in [0.15, 0.2) is 39.5 Å². The number of carbonyl (C=O) groups excluding carboxylic acids is 1. The maximum absolute atomic E-state index is 12.9. The molecule has 29 heavy (non-hydrogen) atoms. The Morgan fingerprint density at radius 1 is 1.14 bits per heavy atom. The van der Waals surface area contributed by atoms with Crippen LogP contribution >= 0.6 is 0 Å². The fourth-order valence-corrected chi connectivity index (χ4v) is 4.79. The smallest absolute Gasteiger partial charge is 0.349 e. The van der Waals surface area contributed by atoms with E-state index in [0.29, 0.717) is 19.0 Å². The first kappa shape index (κ1) is 18.3. The molecule has 3 fully saturated rings. The van der Waals surface area contributed by atoms with Gasteiger partial charge in [-0.3, -0.25) is 4.79 Å². The lowest BCUT2D eigenvalue weighted by molar-refractivity contribution is -0.0108. The molecule has 5 rings (SSSR count). The van der Waals surface area contributed by atoms with E-state index < -0.39 is 5.63 Å². The van der Waals surface area contributed by atoms with Crippen molar-refractivity contribution in [2.24, 2.45) is 5.41 Å². The number of rotatable bonds is 4. The van der Waals surface area contributed by atoms with Crippen LogP contribution in [0.2, 0.25) is 0 Å². The van der Waals surface area contributed by atoms with Gasteiger partial charge in [0.25, 0.3) is 5.91 Å².